The molecule has 1 aliphatic carbocycles. The number of piperazine rings is 1. The molecule has 0 bridgehead atoms. The van der Waals surface area contributed by atoms with Crippen LogP contribution in [0.3, 0.4) is 0 Å². The summed E-state index contributed by atoms with van der Waals surface area (Å²) in [6.07, 6.45) is 6.81. The smallest absolute Gasteiger partial charge is 0.225 e. The maximum Gasteiger partial charge on any atom is 0.225 e. The van der Waals surface area contributed by atoms with Crippen LogP contribution in [-0.2, 0) is 24.1 Å². The zero-order chi connectivity index (χ0) is 20.5. The SMILES string of the molecule is CCCCc1nc(N2CCN(C(=O)C(C)C)CC2)c2c3c(sc2n1)C[C@H](C)CC3. The van der Waals surface area contributed by atoms with E-state index >= 15 is 0 Å². The highest BCUT2D eigenvalue weighted by molar-refractivity contribution is 7.19. The Labute approximate surface area is 178 Å². The standard InChI is InChI=1S/C23H34N4OS/c1-5-6-7-19-24-21(26-10-12-27(13-11-26)23(28)15(2)3)20-17-9-8-16(4)14-18(17)29-22(20)25-19/h15-16H,5-14H2,1-4H3/t16-/m1/s1. The fraction of sp³-hybridized carbons (Fsp3) is 0.696. The molecule has 2 aromatic rings. The van der Waals surface area contributed by atoms with Crippen LogP contribution in [0.25, 0.3) is 10.2 Å². The molecule has 0 aromatic carbocycles. The first-order valence-corrected chi connectivity index (χ1v) is 12.1. The van der Waals surface area contributed by atoms with Gasteiger partial charge in [-0.2, -0.15) is 0 Å². The number of hydrogen-bond acceptors (Lipinski definition) is 5. The van der Waals surface area contributed by atoms with Crippen LogP contribution in [0.1, 0.15) is 63.2 Å². The molecule has 2 aliphatic rings. The lowest BCUT2D eigenvalue weighted by Crippen LogP contribution is -2.50. The Kier molecular flexibility index (Phi) is 6.09. The Bertz CT molecular complexity index is 883. The van der Waals surface area contributed by atoms with E-state index < -0.39 is 0 Å². The average Bonchev–Trinajstić information content (AvgIpc) is 3.08. The van der Waals surface area contributed by atoms with Crippen molar-refractivity contribution in [2.24, 2.45) is 11.8 Å². The third-order valence-electron chi connectivity index (χ3n) is 6.32. The van der Waals surface area contributed by atoms with Crippen LogP contribution >= 0.6 is 11.3 Å². The minimum Gasteiger partial charge on any atom is -0.352 e. The van der Waals surface area contributed by atoms with Crippen molar-refractivity contribution in [1.29, 1.82) is 0 Å². The monoisotopic (exact) mass is 414 g/mol. The van der Waals surface area contributed by atoms with Gasteiger partial charge in [0.2, 0.25) is 5.91 Å². The molecule has 1 atom stereocenters. The van der Waals surface area contributed by atoms with Gasteiger partial charge >= 0.3 is 0 Å². The third-order valence-corrected chi connectivity index (χ3v) is 7.47. The summed E-state index contributed by atoms with van der Waals surface area (Å²) in [4.78, 5) is 29.6. The molecule has 2 aromatic heterocycles. The molecule has 4 rings (SSSR count). The topological polar surface area (TPSA) is 49.3 Å². The van der Waals surface area contributed by atoms with Crippen LogP contribution in [0.2, 0.25) is 0 Å². The van der Waals surface area contributed by atoms with Crippen molar-refractivity contribution >= 4 is 33.3 Å². The quantitative estimate of drug-likeness (QED) is 0.725. The summed E-state index contributed by atoms with van der Waals surface area (Å²) in [6, 6.07) is 0. The summed E-state index contributed by atoms with van der Waals surface area (Å²) >= 11 is 1.90. The van der Waals surface area contributed by atoms with Gasteiger partial charge in [0.25, 0.3) is 0 Å². The van der Waals surface area contributed by atoms with Gasteiger partial charge in [0.05, 0.1) is 5.39 Å². The molecule has 1 fully saturated rings. The summed E-state index contributed by atoms with van der Waals surface area (Å²) < 4.78 is 0. The Balaban J connectivity index is 1.67. The van der Waals surface area contributed by atoms with E-state index in [-0.39, 0.29) is 11.8 Å². The second kappa shape index (κ2) is 8.58. The van der Waals surface area contributed by atoms with Crippen molar-refractivity contribution in [2.45, 2.75) is 66.2 Å². The second-order valence-electron chi connectivity index (χ2n) is 9.07. The normalized spacial score (nSPS) is 19.8. The van der Waals surface area contributed by atoms with E-state index in [4.69, 9.17) is 9.97 Å². The number of hydrogen-bond donors (Lipinski definition) is 0. The van der Waals surface area contributed by atoms with Gasteiger partial charge < -0.3 is 9.80 Å². The lowest BCUT2D eigenvalue weighted by molar-refractivity contribution is -0.134. The molecule has 0 saturated carbocycles. The van der Waals surface area contributed by atoms with Crippen LogP contribution in [0.5, 0.6) is 0 Å². The van der Waals surface area contributed by atoms with Crippen LogP contribution < -0.4 is 4.90 Å². The van der Waals surface area contributed by atoms with Gasteiger partial charge in [-0.05, 0) is 37.2 Å². The summed E-state index contributed by atoms with van der Waals surface area (Å²) in [5.41, 5.74) is 1.50. The number of unbranched alkanes of at least 4 members (excludes halogenated alkanes) is 1. The van der Waals surface area contributed by atoms with E-state index in [1.54, 1.807) is 0 Å². The van der Waals surface area contributed by atoms with E-state index in [1.807, 2.05) is 30.1 Å². The molecule has 1 saturated heterocycles. The minimum absolute atomic E-state index is 0.0684. The highest BCUT2D eigenvalue weighted by Gasteiger charge is 2.29. The lowest BCUT2D eigenvalue weighted by Gasteiger charge is -2.36. The molecule has 0 spiro atoms. The van der Waals surface area contributed by atoms with E-state index in [9.17, 15) is 4.79 Å². The number of thiophene rings is 1. The number of amides is 1. The van der Waals surface area contributed by atoms with Crippen molar-refractivity contribution in [3.63, 3.8) is 0 Å². The van der Waals surface area contributed by atoms with Gasteiger partial charge in [0.15, 0.2) is 0 Å². The molecule has 158 valence electrons. The van der Waals surface area contributed by atoms with Crippen molar-refractivity contribution < 1.29 is 4.79 Å². The molecule has 0 unspecified atom stereocenters. The van der Waals surface area contributed by atoms with E-state index in [1.165, 1.54) is 33.5 Å². The van der Waals surface area contributed by atoms with E-state index in [0.29, 0.717) is 0 Å². The van der Waals surface area contributed by atoms with Crippen molar-refractivity contribution in [1.82, 2.24) is 14.9 Å². The van der Waals surface area contributed by atoms with Gasteiger partial charge in [-0.25, -0.2) is 9.97 Å². The number of carbonyl (C=O) groups excluding carboxylic acids is 1. The molecular weight excluding hydrogens is 380 g/mol. The number of aromatic nitrogens is 2. The first-order chi connectivity index (χ1) is 14.0. The third kappa shape index (κ3) is 4.14. The predicted octanol–water partition coefficient (Wildman–Crippen LogP) is 4.46. The van der Waals surface area contributed by atoms with Gasteiger partial charge in [-0.3, -0.25) is 4.79 Å². The van der Waals surface area contributed by atoms with Crippen LogP contribution in [0.4, 0.5) is 5.82 Å². The van der Waals surface area contributed by atoms with Gasteiger partial charge in [-0.1, -0.05) is 34.1 Å². The molecule has 1 amide bonds. The average molecular weight is 415 g/mol. The van der Waals surface area contributed by atoms with Gasteiger partial charge in [0.1, 0.15) is 16.5 Å². The maximum atomic E-state index is 12.4. The van der Waals surface area contributed by atoms with Crippen LogP contribution in [0, 0.1) is 11.8 Å². The lowest BCUT2D eigenvalue weighted by atomic mass is 9.89. The zero-order valence-electron chi connectivity index (χ0n) is 18.3. The van der Waals surface area contributed by atoms with Crippen molar-refractivity contribution in [3.05, 3.63) is 16.3 Å². The van der Waals surface area contributed by atoms with Gasteiger partial charge in [0, 0.05) is 43.4 Å². The Morgan fingerprint density at radius 1 is 1.21 bits per heavy atom. The minimum atomic E-state index is 0.0684. The molecular formula is C23H34N4OS. The Hall–Kier alpha value is -1.69. The molecule has 29 heavy (non-hydrogen) atoms. The number of fused-ring (bicyclic) bond motifs is 3. The maximum absolute atomic E-state index is 12.4. The number of carbonyl (C=O) groups is 1. The highest BCUT2D eigenvalue weighted by Crippen LogP contribution is 2.41. The zero-order valence-corrected chi connectivity index (χ0v) is 19.1. The molecule has 0 N–H and O–H groups in total. The number of rotatable bonds is 5. The number of nitrogens with zero attached hydrogens (tertiary/aromatic N) is 4. The van der Waals surface area contributed by atoms with E-state index in [0.717, 1.165) is 69.4 Å². The summed E-state index contributed by atoms with van der Waals surface area (Å²) in [7, 11) is 0. The van der Waals surface area contributed by atoms with E-state index in [2.05, 4.69) is 18.7 Å². The largest absolute Gasteiger partial charge is 0.352 e. The van der Waals surface area contributed by atoms with Crippen molar-refractivity contribution in [2.75, 3.05) is 31.1 Å². The van der Waals surface area contributed by atoms with Crippen LogP contribution in [-0.4, -0.2) is 47.0 Å². The molecule has 5 nitrogen and oxygen atoms in total. The Morgan fingerprint density at radius 2 is 1.97 bits per heavy atom. The summed E-state index contributed by atoms with van der Waals surface area (Å²) in [6.45, 7) is 11.8. The predicted molar refractivity (Wildman–Crippen MR) is 121 cm³/mol. The summed E-state index contributed by atoms with van der Waals surface area (Å²) in [5.74, 6) is 3.21. The fourth-order valence-corrected chi connectivity index (χ4v) is 5.94. The molecule has 0 radical (unpaired) electrons. The first kappa shape index (κ1) is 20.6. The van der Waals surface area contributed by atoms with Gasteiger partial charge in [-0.15, -0.1) is 11.3 Å². The summed E-state index contributed by atoms with van der Waals surface area (Å²) in [5, 5.41) is 1.31. The number of aryl methyl sites for hydroxylation is 2. The molecule has 1 aliphatic heterocycles. The number of anilines is 1. The first-order valence-electron chi connectivity index (χ1n) is 11.3. The highest BCUT2D eigenvalue weighted by atomic mass is 32.1. The van der Waals surface area contributed by atoms with Crippen LogP contribution in [0.15, 0.2) is 0 Å². The molecule has 3 heterocycles. The Morgan fingerprint density at radius 3 is 2.66 bits per heavy atom. The molecule has 6 heteroatoms. The fourth-order valence-electron chi connectivity index (χ4n) is 4.55. The second-order valence-corrected chi connectivity index (χ2v) is 10.1. The van der Waals surface area contributed by atoms with Crippen molar-refractivity contribution in [3.8, 4) is 0 Å².